The number of nitrogens with one attached hydrogen (secondary N) is 1. The summed E-state index contributed by atoms with van der Waals surface area (Å²) in [5.41, 5.74) is 9.83. The molecule has 0 radical (unpaired) electrons. The number of carboxylic acid groups (broad SMARTS) is 2. The van der Waals surface area contributed by atoms with E-state index >= 15 is 0 Å². The van der Waals surface area contributed by atoms with Crippen molar-refractivity contribution in [1.29, 1.82) is 0 Å². The van der Waals surface area contributed by atoms with Crippen molar-refractivity contribution in [3.05, 3.63) is 150 Å². The summed E-state index contributed by atoms with van der Waals surface area (Å²) in [5, 5.41) is 53.5. The topological polar surface area (TPSA) is 238 Å². The summed E-state index contributed by atoms with van der Waals surface area (Å²) in [5.74, 6) is 11.5. The van der Waals surface area contributed by atoms with Crippen LogP contribution in [-0.4, -0.2) is 137 Å². The fraction of sp³-hybridized carbons (Fsp3) is 0.379. The van der Waals surface area contributed by atoms with Crippen LogP contribution in [0.3, 0.4) is 0 Å². The van der Waals surface area contributed by atoms with Crippen LogP contribution in [0.15, 0.2) is 73.1 Å². The van der Waals surface area contributed by atoms with Gasteiger partial charge in [-0.2, -0.15) is 10.2 Å². The second-order valence-electron chi connectivity index (χ2n) is 19.8. The number of halogens is 3. The molecule has 5 heterocycles. The smallest absolute Gasteiger partial charge is 0.410 e. The van der Waals surface area contributed by atoms with Crippen LogP contribution in [0.5, 0.6) is 0 Å². The minimum Gasteiger partial charge on any atom is -0.479 e. The largest absolute Gasteiger partial charge is 0.479 e. The predicted molar refractivity (Wildman–Crippen MR) is 296 cm³/mol. The van der Waals surface area contributed by atoms with Crippen molar-refractivity contribution in [1.82, 2.24) is 35.5 Å². The highest BCUT2D eigenvalue weighted by Crippen LogP contribution is 2.29. The van der Waals surface area contributed by atoms with Crippen molar-refractivity contribution in [2.45, 2.75) is 103 Å². The Balaban J connectivity index is 0.000000200. The van der Waals surface area contributed by atoms with Gasteiger partial charge in [0.1, 0.15) is 22.6 Å². The number of hydrogen-bond acceptors (Lipinski definition) is 13. The molecule has 8 rings (SSSR count). The molecule has 2 atom stereocenters. The fourth-order valence-electron chi connectivity index (χ4n) is 8.04. The van der Waals surface area contributed by atoms with Gasteiger partial charge < -0.3 is 45.0 Å². The maximum Gasteiger partial charge on any atom is 0.410 e. The number of ether oxygens (including phenoxy) is 2. The number of fused-ring (bicyclic) bond motifs is 3. The molecule has 5 N–H and O–H groups in total. The molecule has 0 spiro atoms. The second-order valence-corrected chi connectivity index (χ2v) is 21.0. The Kier molecular flexibility index (Phi) is 22.8. The van der Waals surface area contributed by atoms with E-state index in [9.17, 15) is 19.2 Å². The Labute approximate surface area is 469 Å². The highest BCUT2D eigenvalue weighted by molar-refractivity contribution is 6.32. The SMILES string of the molecule is C#Cc1c(Cl)ccc2c1CCN(C(=O)OC(C)(C)C)CC2.CC(C)(C)OC(=O)N1CCc2ccc(Cl)c(C#Cc3cccnn3)c2CC1.Clc1ccc2c(c1C#Cc1cccnn1)CCNCC2.O=C(O)[C@H](O)[C@@H](O)C(=O)O. The van der Waals surface area contributed by atoms with Gasteiger partial charge in [-0.15, -0.1) is 16.6 Å². The average molecular weight is 1120 g/mol. The molecule has 0 fully saturated rings. The Morgan fingerprint density at radius 3 is 1.32 bits per heavy atom. The summed E-state index contributed by atoms with van der Waals surface area (Å²) >= 11 is 18.9. The van der Waals surface area contributed by atoms with Crippen molar-refractivity contribution in [2.75, 3.05) is 39.3 Å². The van der Waals surface area contributed by atoms with Crippen LogP contribution in [0.2, 0.25) is 15.1 Å². The third-order valence-corrected chi connectivity index (χ3v) is 12.7. The van der Waals surface area contributed by atoms with E-state index in [0.29, 0.717) is 65.5 Å². The van der Waals surface area contributed by atoms with Crippen LogP contribution >= 0.6 is 34.8 Å². The van der Waals surface area contributed by atoms with E-state index in [0.717, 1.165) is 72.2 Å². The number of carbonyl (C=O) groups is 4. The van der Waals surface area contributed by atoms with E-state index < -0.39 is 35.3 Å². The van der Waals surface area contributed by atoms with Crippen LogP contribution in [0, 0.1) is 36.0 Å². The van der Waals surface area contributed by atoms with Gasteiger partial charge in [-0.25, -0.2) is 19.2 Å². The number of rotatable bonds is 3. The minimum atomic E-state index is -2.27. The first-order valence-electron chi connectivity index (χ1n) is 24.9. The minimum absolute atomic E-state index is 0.274. The number of terminal acetylenes is 1. The van der Waals surface area contributed by atoms with Gasteiger partial charge in [-0.3, -0.25) is 0 Å². The number of nitrogens with zero attached hydrogens (tertiary/aromatic N) is 6. The van der Waals surface area contributed by atoms with Crippen LogP contribution in [0.1, 0.15) is 103 Å². The van der Waals surface area contributed by atoms with E-state index in [2.05, 4.69) is 61.4 Å². The van der Waals surface area contributed by atoms with Gasteiger partial charge in [-0.1, -0.05) is 70.8 Å². The van der Waals surface area contributed by atoms with Gasteiger partial charge in [0.25, 0.3) is 0 Å². The van der Waals surface area contributed by atoms with E-state index in [1.165, 1.54) is 16.7 Å². The zero-order valence-corrected chi connectivity index (χ0v) is 46.5. The van der Waals surface area contributed by atoms with Crippen LogP contribution in [-0.2, 0) is 57.6 Å². The van der Waals surface area contributed by atoms with Crippen LogP contribution in [0.25, 0.3) is 0 Å². The number of aromatic nitrogens is 4. The molecule has 17 nitrogen and oxygen atoms in total. The summed E-state index contributed by atoms with van der Waals surface area (Å²) in [6.07, 6.45) is 8.59. The number of aliphatic carboxylic acids is 2. The molecule has 3 aliphatic rings. The highest BCUT2D eigenvalue weighted by atomic mass is 35.5. The molecule has 0 aliphatic carbocycles. The summed E-state index contributed by atoms with van der Waals surface area (Å²) in [4.78, 5) is 47.6. The highest BCUT2D eigenvalue weighted by Gasteiger charge is 2.30. The van der Waals surface area contributed by atoms with Gasteiger partial charge in [-0.05, 0) is 181 Å². The maximum absolute atomic E-state index is 12.4. The normalized spacial score (nSPS) is 14.4. The molecule has 0 bridgehead atoms. The van der Waals surface area contributed by atoms with Crippen molar-refractivity contribution in [3.8, 4) is 36.0 Å². The first-order valence-corrected chi connectivity index (χ1v) is 26.0. The molecule has 78 heavy (non-hydrogen) atoms. The van der Waals surface area contributed by atoms with Gasteiger partial charge >= 0.3 is 24.1 Å². The molecular formula is C58H62Cl3N7O10. The maximum atomic E-state index is 12.4. The third kappa shape index (κ3) is 18.7. The molecule has 0 saturated heterocycles. The van der Waals surface area contributed by atoms with Gasteiger partial charge in [0.2, 0.25) is 0 Å². The van der Waals surface area contributed by atoms with E-state index in [1.54, 1.807) is 34.3 Å². The van der Waals surface area contributed by atoms with E-state index in [-0.39, 0.29) is 12.2 Å². The first-order chi connectivity index (χ1) is 37.0. The summed E-state index contributed by atoms with van der Waals surface area (Å²) in [6, 6.07) is 19.0. The zero-order chi connectivity index (χ0) is 57.2. The van der Waals surface area contributed by atoms with Crippen molar-refractivity contribution >= 4 is 58.9 Å². The number of carbonyl (C=O) groups excluding carboxylic acids is 2. The van der Waals surface area contributed by atoms with Gasteiger partial charge in [0.05, 0.1) is 15.1 Å². The van der Waals surface area contributed by atoms with E-state index in [1.807, 2.05) is 84.0 Å². The number of aliphatic hydroxyl groups excluding tert-OH is 2. The Morgan fingerprint density at radius 1 is 0.564 bits per heavy atom. The first kappa shape index (κ1) is 61.6. The Hall–Kier alpha value is -7.27. The zero-order valence-electron chi connectivity index (χ0n) is 44.2. The summed E-state index contributed by atoms with van der Waals surface area (Å²) in [7, 11) is 0. The van der Waals surface area contributed by atoms with Crippen molar-refractivity contribution in [2.24, 2.45) is 0 Å². The number of aliphatic hydroxyl groups is 2. The van der Waals surface area contributed by atoms with Gasteiger partial charge in [0, 0.05) is 55.3 Å². The predicted octanol–water partition coefficient (Wildman–Crippen LogP) is 7.62. The average Bonchev–Trinajstić information content (AvgIpc) is 3.87. The van der Waals surface area contributed by atoms with E-state index in [4.69, 9.17) is 71.1 Å². The van der Waals surface area contributed by atoms with Crippen molar-refractivity contribution < 1.29 is 49.1 Å². The monoisotopic (exact) mass is 1120 g/mol. The summed E-state index contributed by atoms with van der Waals surface area (Å²) in [6.45, 7) is 15.6. The molecule has 410 valence electrons. The van der Waals surface area contributed by atoms with Crippen LogP contribution in [0.4, 0.5) is 9.59 Å². The lowest BCUT2D eigenvalue weighted by atomic mass is 9.97. The number of hydrogen-bond donors (Lipinski definition) is 5. The lowest BCUT2D eigenvalue weighted by molar-refractivity contribution is -0.165. The molecule has 20 heteroatoms. The molecular weight excluding hydrogens is 1060 g/mol. The number of amides is 2. The van der Waals surface area contributed by atoms with Gasteiger partial charge in [0.15, 0.2) is 12.2 Å². The lowest BCUT2D eigenvalue weighted by Crippen LogP contribution is -2.39. The molecule has 0 saturated carbocycles. The Bertz CT molecular complexity index is 3080. The number of benzene rings is 3. The lowest BCUT2D eigenvalue weighted by Gasteiger charge is -2.26. The second kappa shape index (κ2) is 28.9. The van der Waals surface area contributed by atoms with Crippen LogP contribution < -0.4 is 5.32 Å². The standard InChI is InChI=1S/C21H22ClN3O2.C17H20ClNO2.C16H14ClN3.C4H6O6/c1-21(2,3)27-20(26)25-13-10-15-6-9-19(22)18(17(15)11-14-25)8-7-16-5-4-12-23-24-16;1-5-13-14-9-11-19(16(20)21-17(2,3)4)10-8-12(14)6-7-15(13)18;17-16-6-3-12-7-10-18-11-8-14(12)15(16)5-4-13-2-1-9-19-20-13;5-1(3(7)8)2(6)4(9)10/h4-6,9,12H,10-11,13-14H2,1-3H3;1,6-7H,8-11H2,2-4H3;1-3,6,9,18H,7-8,10-11H2;1-2,5-6H,(H,7,8)(H,9,10)/t;;;1-,2-/m...1/s1. The molecule has 3 aliphatic heterocycles. The molecule has 2 aromatic heterocycles. The van der Waals surface area contributed by atoms with Crippen molar-refractivity contribution in [3.63, 3.8) is 0 Å². The molecule has 5 aromatic rings. The summed E-state index contributed by atoms with van der Waals surface area (Å²) < 4.78 is 10.9. The quantitative estimate of drug-likeness (QED) is 0.109. The third-order valence-electron chi connectivity index (χ3n) is 11.8. The Morgan fingerprint density at radius 2 is 0.936 bits per heavy atom. The fourth-order valence-corrected chi connectivity index (χ4v) is 8.72. The molecule has 0 unspecified atom stereocenters. The molecule has 2 amide bonds. The number of carboxylic acids is 2. The molecule has 3 aromatic carbocycles.